The summed E-state index contributed by atoms with van der Waals surface area (Å²) in [4.78, 5) is 5.77. The van der Waals surface area contributed by atoms with Gasteiger partial charge in [0.1, 0.15) is 10.8 Å². The van der Waals surface area contributed by atoms with Crippen LogP contribution in [0.25, 0.3) is 10.6 Å². The lowest BCUT2D eigenvalue weighted by atomic mass is 10.2. The van der Waals surface area contributed by atoms with Gasteiger partial charge in [-0.25, -0.2) is 4.98 Å². The van der Waals surface area contributed by atoms with Crippen molar-refractivity contribution in [2.24, 2.45) is 0 Å². The van der Waals surface area contributed by atoms with Gasteiger partial charge in [-0.1, -0.05) is 13.8 Å². The number of hydrogen-bond acceptors (Lipinski definition) is 3. The molecule has 0 saturated carbocycles. The second kappa shape index (κ2) is 4.66. The fourth-order valence-corrected chi connectivity index (χ4v) is 2.34. The minimum Gasteiger partial charge on any atom is -0.497 e. The van der Waals surface area contributed by atoms with E-state index in [1.165, 1.54) is 4.88 Å². The van der Waals surface area contributed by atoms with Crippen molar-refractivity contribution in [2.75, 3.05) is 7.11 Å². The van der Waals surface area contributed by atoms with Crippen LogP contribution in [0.5, 0.6) is 5.75 Å². The smallest absolute Gasteiger partial charge is 0.123 e. The van der Waals surface area contributed by atoms with Gasteiger partial charge in [0.15, 0.2) is 0 Å². The van der Waals surface area contributed by atoms with Gasteiger partial charge in [0.05, 0.1) is 7.11 Å². The zero-order chi connectivity index (χ0) is 11.5. The summed E-state index contributed by atoms with van der Waals surface area (Å²) in [5, 5.41) is 1.08. The first-order valence-corrected chi connectivity index (χ1v) is 6.12. The Bertz CT molecular complexity index is 459. The molecule has 0 aliphatic heterocycles. The molecule has 0 spiro atoms. The van der Waals surface area contributed by atoms with Gasteiger partial charge >= 0.3 is 0 Å². The first kappa shape index (κ1) is 11.1. The molecule has 0 aliphatic rings. The first-order valence-electron chi connectivity index (χ1n) is 5.31. The van der Waals surface area contributed by atoms with Crippen LogP contribution in [-0.4, -0.2) is 12.1 Å². The summed E-state index contributed by atoms with van der Waals surface area (Å²) in [6.07, 6.45) is 1.97. The third-order valence-corrected chi connectivity index (χ3v) is 3.78. The molecule has 1 aromatic heterocycles. The highest BCUT2D eigenvalue weighted by molar-refractivity contribution is 7.15. The largest absolute Gasteiger partial charge is 0.497 e. The van der Waals surface area contributed by atoms with Gasteiger partial charge in [-0.15, -0.1) is 11.3 Å². The van der Waals surface area contributed by atoms with Crippen LogP contribution >= 0.6 is 11.3 Å². The first-order chi connectivity index (χ1) is 7.70. The molecule has 1 heterocycles. The second-order valence-corrected chi connectivity index (χ2v) is 5.01. The van der Waals surface area contributed by atoms with Crippen molar-refractivity contribution in [3.8, 4) is 16.3 Å². The van der Waals surface area contributed by atoms with Crippen molar-refractivity contribution in [1.29, 1.82) is 0 Å². The number of ether oxygens (including phenoxy) is 1. The summed E-state index contributed by atoms with van der Waals surface area (Å²) >= 11 is 1.76. The normalized spacial score (nSPS) is 10.8. The van der Waals surface area contributed by atoms with Gasteiger partial charge in [0.2, 0.25) is 0 Å². The Hall–Kier alpha value is -1.35. The lowest BCUT2D eigenvalue weighted by Gasteiger charge is -2.00. The van der Waals surface area contributed by atoms with Gasteiger partial charge in [-0.05, 0) is 30.2 Å². The molecule has 2 nitrogen and oxygen atoms in total. The van der Waals surface area contributed by atoms with E-state index >= 15 is 0 Å². The fraction of sp³-hybridized carbons (Fsp3) is 0.308. The van der Waals surface area contributed by atoms with Crippen LogP contribution in [0.15, 0.2) is 30.5 Å². The summed E-state index contributed by atoms with van der Waals surface area (Å²) in [5.41, 5.74) is 1.15. The molecule has 0 amide bonds. The topological polar surface area (TPSA) is 22.1 Å². The Morgan fingerprint density at radius 2 is 1.88 bits per heavy atom. The second-order valence-electron chi connectivity index (χ2n) is 3.95. The van der Waals surface area contributed by atoms with E-state index in [1.807, 2.05) is 30.5 Å². The minimum atomic E-state index is 0.546. The third kappa shape index (κ3) is 2.25. The molecular weight excluding hydrogens is 218 g/mol. The molecular formula is C13H15NOS. The highest BCUT2D eigenvalue weighted by Crippen LogP contribution is 2.30. The summed E-state index contributed by atoms with van der Waals surface area (Å²) in [5.74, 6) is 1.42. The zero-order valence-corrected chi connectivity index (χ0v) is 10.5. The molecule has 0 N–H and O–H groups in total. The lowest BCUT2D eigenvalue weighted by Crippen LogP contribution is -1.81. The molecule has 84 valence electrons. The van der Waals surface area contributed by atoms with E-state index in [0.717, 1.165) is 16.3 Å². The van der Waals surface area contributed by atoms with Gasteiger partial charge in [-0.2, -0.15) is 0 Å². The number of aromatic nitrogens is 1. The minimum absolute atomic E-state index is 0.546. The molecule has 16 heavy (non-hydrogen) atoms. The van der Waals surface area contributed by atoms with Crippen molar-refractivity contribution in [1.82, 2.24) is 4.98 Å². The summed E-state index contributed by atoms with van der Waals surface area (Å²) in [6.45, 7) is 4.37. The van der Waals surface area contributed by atoms with Crippen LogP contribution in [0.2, 0.25) is 0 Å². The van der Waals surface area contributed by atoms with E-state index in [-0.39, 0.29) is 0 Å². The predicted octanol–water partition coefficient (Wildman–Crippen LogP) is 3.94. The van der Waals surface area contributed by atoms with Crippen molar-refractivity contribution in [3.05, 3.63) is 35.3 Å². The Kier molecular flexibility index (Phi) is 3.25. The maximum Gasteiger partial charge on any atom is 0.123 e. The van der Waals surface area contributed by atoms with Crippen LogP contribution < -0.4 is 4.74 Å². The average Bonchev–Trinajstić information content (AvgIpc) is 2.78. The van der Waals surface area contributed by atoms with Crippen molar-refractivity contribution in [2.45, 2.75) is 19.8 Å². The monoisotopic (exact) mass is 233 g/mol. The maximum absolute atomic E-state index is 5.13. The Morgan fingerprint density at radius 3 is 2.38 bits per heavy atom. The highest BCUT2D eigenvalue weighted by Gasteiger charge is 2.07. The Morgan fingerprint density at radius 1 is 1.19 bits per heavy atom. The maximum atomic E-state index is 5.13. The molecule has 0 atom stereocenters. The summed E-state index contributed by atoms with van der Waals surface area (Å²) < 4.78 is 5.13. The number of methoxy groups -OCH3 is 1. The van der Waals surface area contributed by atoms with Gasteiger partial charge < -0.3 is 4.74 Å². The van der Waals surface area contributed by atoms with Gasteiger partial charge in [-0.3, -0.25) is 0 Å². The highest BCUT2D eigenvalue weighted by atomic mass is 32.1. The molecule has 0 fully saturated rings. The van der Waals surface area contributed by atoms with Crippen LogP contribution in [-0.2, 0) is 0 Å². The molecule has 3 heteroatoms. The van der Waals surface area contributed by atoms with Crippen LogP contribution in [0, 0.1) is 0 Å². The quantitative estimate of drug-likeness (QED) is 0.801. The predicted molar refractivity (Wildman–Crippen MR) is 68.2 cm³/mol. The SMILES string of the molecule is COc1ccc(-c2ncc(C(C)C)s2)cc1. The lowest BCUT2D eigenvalue weighted by molar-refractivity contribution is 0.415. The van der Waals surface area contributed by atoms with E-state index in [1.54, 1.807) is 18.4 Å². The summed E-state index contributed by atoms with van der Waals surface area (Å²) in [7, 11) is 1.68. The zero-order valence-electron chi connectivity index (χ0n) is 9.73. The van der Waals surface area contributed by atoms with E-state index < -0.39 is 0 Å². The number of benzene rings is 1. The fourth-order valence-electron chi connectivity index (χ4n) is 1.42. The molecule has 0 aliphatic carbocycles. The Balaban J connectivity index is 2.28. The van der Waals surface area contributed by atoms with Crippen LogP contribution in [0.3, 0.4) is 0 Å². The number of thiazole rings is 1. The third-order valence-electron chi connectivity index (χ3n) is 2.43. The van der Waals surface area contributed by atoms with Crippen molar-refractivity contribution < 1.29 is 4.74 Å². The van der Waals surface area contributed by atoms with Crippen LogP contribution in [0.1, 0.15) is 24.6 Å². The van der Waals surface area contributed by atoms with E-state index in [0.29, 0.717) is 5.92 Å². The van der Waals surface area contributed by atoms with E-state index in [9.17, 15) is 0 Å². The molecule has 0 saturated heterocycles. The standard InChI is InChI=1S/C13H15NOS/c1-9(2)12-8-14-13(16-12)10-4-6-11(15-3)7-5-10/h4-9H,1-3H3. The van der Waals surface area contributed by atoms with Crippen LogP contribution in [0.4, 0.5) is 0 Å². The molecule has 0 radical (unpaired) electrons. The summed E-state index contributed by atoms with van der Waals surface area (Å²) in [6, 6.07) is 8.01. The average molecular weight is 233 g/mol. The van der Waals surface area contributed by atoms with Gasteiger partial charge in [0, 0.05) is 16.6 Å². The Labute approximate surface area is 99.9 Å². The number of rotatable bonds is 3. The molecule has 1 aromatic carbocycles. The van der Waals surface area contributed by atoms with Crippen molar-refractivity contribution >= 4 is 11.3 Å². The number of nitrogens with zero attached hydrogens (tertiary/aromatic N) is 1. The molecule has 0 bridgehead atoms. The molecule has 2 aromatic rings. The van der Waals surface area contributed by atoms with Crippen molar-refractivity contribution in [3.63, 3.8) is 0 Å². The molecule has 0 unspecified atom stereocenters. The molecule has 2 rings (SSSR count). The van der Waals surface area contributed by atoms with E-state index in [2.05, 4.69) is 18.8 Å². The number of hydrogen-bond donors (Lipinski definition) is 0. The van der Waals surface area contributed by atoms with Gasteiger partial charge in [0.25, 0.3) is 0 Å². The van der Waals surface area contributed by atoms with E-state index in [4.69, 9.17) is 4.74 Å².